The van der Waals surface area contributed by atoms with E-state index in [9.17, 15) is 14.0 Å². The van der Waals surface area contributed by atoms with E-state index in [4.69, 9.17) is 11.6 Å². The molecule has 1 aliphatic rings. The molecule has 0 spiro atoms. The summed E-state index contributed by atoms with van der Waals surface area (Å²) in [6.07, 6.45) is 2.12. The highest BCUT2D eigenvalue weighted by atomic mass is 35.5. The van der Waals surface area contributed by atoms with E-state index in [2.05, 4.69) is 10.3 Å². The van der Waals surface area contributed by atoms with Crippen LogP contribution in [0, 0.1) is 5.82 Å². The molecule has 0 aliphatic carbocycles. The number of hydrogen-bond acceptors (Lipinski definition) is 2. The lowest BCUT2D eigenvalue weighted by Crippen LogP contribution is -2.32. The Morgan fingerprint density at radius 1 is 1.08 bits per heavy atom. The summed E-state index contributed by atoms with van der Waals surface area (Å²) in [5.41, 5.74) is 1.98. The highest BCUT2D eigenvalue weighted by molar-refractivity contribution is 6.35. The second-order valence-corrected chi connectivity index (χ2v) is 6.61. The number of halogens is 2. The maximum Gasteiger partial charge on any atom is 0.325 e. The highest BCUT2D eigenvalue weighted by Gasteiger charge is 2.38. The number of urea groups is 1. The number of carbonyl (C=O) groups excluding carboxylic acids is 2. The van der Waals surface area contributed by atoms with Crippen LogP contribution < -0.4 is 5.32 Å². The van der Waals surface area contributed by atoms with Gasteiger partial charge in [0.05, 0.1) is 17.1 Å². The van der Waals surface area contributed by atoms with Gasteiger partial charge in [0.2, 0.25) is 0 Å². The van der Waals surface area contributed by atoms with Gasteiger partial charge in [0.1, 0.15) is 11.9 Å². The number of para-hydroxylation sites is 1. The third-order valence-corrected chi connectivity index (χ3v) is 4.88. The Balaban J connectivity index is 1.55. The molecule has 7 heteroatoms. The molecule has 2 heterocycles. The Morgan fingerprint density at radius 3 is 2.69 bits per heavy atom. The van der Waals surface area contributed by atoms with E-state index in [1.54, 1.807) is 30.5 Å². The number of H-pyrrole nitrogens is 1. The number of amides is 3. The molecule has 4 rings (SSSR count). The number of hydrogen-bond donors (Lipinski definition) is 2. The molecule has 3 aromatic rings. The summed E-state index contributed by atoms with van der Waals surface area (Å²) in [4.78, 5) is 29.0. The first kappa shape index (κ1) is 16.6. The summed E-state index contributed by atoms with van der Waals surface area (Å²) in [5.74, 6) is -0.808. The van der Waals surface area contributed by atoms with E-state index in [-0.39, 0.29) is 12.5 Å². The average molecular weight is 372 g/mol. The topological polar surface area (TPSA) is 65.2 Å². The molecule has 3 amide bonds. The van der Waals surface area contributed by atoms with Crippen molar-refractivity contribution < 1.29 is 14.0 Å². The SMILES string of the molecule is O=C1N[C@H](Cc2c[nH]c3c(Cl)cccc23)C(=O)N1Cc1ccccc1F. The fourth-order valence-corrected chi connectivity index (χ4v) is 3.46. The Morgan fingerprint density at radius 2 is 1.88 bits per heavy atom. The van der Waals surface area contributed by atoms with Crippen LogP contribution in [0.5, 0.6) is 0 Å². The van der Waals surface area contributed by atoms with E-state index in [1.807, 2.05) is 12.1 Å². The molecule has 1 atom stereocenters. The third-order valence-electron chi connectivity index (χ3n) is 4.57. The number of carbonyl (C=O) groups is 2. The minimum Gasteiger partial charge on any atom is -0.360 e. The average Bonchev–Trinajstić information content (AvgIpc) is 3.14. The van der Waals surface area contributed by atoms with Crippen molar-refractivity contribution in [2.45, 2.75) is 19.0 Å². The van der Waals surface area contributed by atoms with E-state index >= 15 is 0 Å². The van der Waals surface area contributed by atoms with Crippen LogP contribution in [-0.2, 0) is 17.8 Å². The molecule has 0 radical (unpaired) electrons. The molecule has 1 aliphatic heterocycles. The fraction of sp³-hybridized carbons (Fsp3) is 0.158. The Bertz CT molecular complexity index is 1020. The first-order valence-corrected chi connectivity index (χ1v) is 8.52. The molecule has 2 aromatic carbocycles. The summed E-state index contributed by atoms with van der Waals surface area (Å²) in [7, 11) is 0. The van der Waals surface area contributed by atoms with E-state index < -0.39 is 17.9 Å². The molecule has 5 nitrogen and oxygen atoms in total. The van der Waals surface area contributed by atoms with Gasteiger partial charge in [-0.3, -0.25) is 9.69 Å². The van der Waals surface area contributed by atoms with Crippen LogP contribution in [0.25, 0.3) is 10.9 Å². The van der Waals surface area contributed by atoms with Gasteiger partial charge < -0.3 is 10.3 Å². The first-order valence-electron chi connectivity index (χ1n) is 8.14. The number of aromatic amines is 1. The summed E-state index contributed by atoms with van der Waals surface area (Å²) in [6, 6.07) is 10.4. The zero-order chi connectivity index (χ0) is 18.3. The molecule has 1 aromatic heterocycles. The number of aromatic nitrogens is 1. The van der Waals surface area contributed by atoms with Crippen molar-refractivity contribution in [2.24, 2.45) is 0 Å². The van der Waals surface area contributed by atoms with Crippen molar-refractivity contribution in [1.82, 2.24) is 15.2 Å². The lowest BCUT2D eigenvalue weighted by atomic mass is 10.0. The largest absolute Gasteiger partial charge is 0.360 e. The summed E-state index contributed by atoms with van der Waals surface area (Å²) < 4.78 is 13.8. The van der Waals surface area contributed by atoms with Crippen LogP contribution in [-0.4, -0.2) is 27.9 Å². The number of fused-ring (bicyclic) bond motifs is 1. The van der Waals surface area contributed by atoms with Crippen molar-refractivity contribution >= 4 is 34.4 Å². The Hall–Kier alpha value is -2.86. The molecular formula is C19H15ClFN3O2. The Kier molecular flexibility index (Phi) is 4.12. The van der Waals surface area contributed by atoms with E-state index in [0.717, 1.165) is 21.4 Å². The molecule has 1 fully saturated rings. The van der Waals surface area contributed by atoms with Gasteiger partial charge in [-0.15, -0.1) is 0 Å². The van der Waals surface area contributed by atoms with Gasteiger partial charge in [-0.25, -0.2) is 9.18 Å². The number of imide groups is 1. The third kappa shape index (κ3) is 2.82. The smallest absolute Gasteiger partial charge is 0.325 e. The molecule has 1 saturated heterocycles. The molecule has 2 N–H and O–H groups in total. The van der Waals surface area contributed by atoms with Gasteiger partial charge in [-0.1, -0.05) is 41.9 Å². The van der Waals surface area contributed by atoms with Crippen LogP contribution in [0.4, 0.5) is 9.18 Å². The second-order valence-electron chi connectivity index (χ2n) is 6.20. The monoisotopic (exact) mass is 371 g/mol. The van der Waals surface area contributed by atoms with E-state index in [0.29, 0.717) is 17.0 Å². The fourth-order valence-electron chi connectivity index (χ4n) is 3.23. The summed E-state index contributed by atoms with van der Waals surface area (Å²) in [6.45, 7) is -0.0897. The second kappa shape index (κ2) is 6.46. The van der Waals surface area contributed by atoms with E-state index in [1.165, 1.54) is 6.07 Å². The maximum absolute atomic E-state index is 13.8. The van der Waals surface area contributed by atoms with Gasteiger partial charge in [-0.2, -0.15) is 0 Å². The minimum atomic E-state index is -0.688. The number of nitrogens with one attached hydrogen (secondary N) is 2. The van der Waals surface area contributed by atoms with Gasteiger partial charge in [0, 0.05) is 23.6 Å². The van der Waals surface area contributed by atoms with Gasteiger partial charge >= 0.3 is 6.03 Å². The zero-order valence-corrected chi connectivity index (χ0v) is 14.4. The normalized spacial score (nSPS) is 17.2. The van der Waals surface area contributed by atoms with Crippen molar-refractivity contribution in [3.63, 3.8) is 0 Å². The lowest BCUT2D eigenvalue weighted by Gasteiger charge is -2.13. The molecule has 26 heavy (non-hydrogen) atoms. The van der Waals surface area contributed by atoms with Crippen LogP contribution >= 0.6 is 11.6 Å². The molecule has 0 saturated carbocycles. The van der Waals surface area contributed by atoms with Gasteiger partial charge in [0.15, 0.2) is 0 Å². The Labute approximate surface area is 153 Å². The molecule has 0 unspecified atom stereocenters. The van der Waals surface area contributed by atoms with Crippen LogP contribution in [0.3, 0.4) is 0 Å². The number of nitrogens with zero attached hydrogens (tertiary/aromatic N) is 1. The summed E-state index contributed by atoms with van der Waals surface area (Å²) in [5, 5.41) is 4.18. The predicted molar refractivity (Wildman–Crippen MR) is 96.3 cm³/mol. The van der Waals surface area contributed by atoms with Crippen molar-refractivity contribution in [3.8, 4) is 0 Å². The first-order chi connectivity index (χ1) is 12.5. The van der Waals surface area contributed by atoms with Crippen LogP contribution in [0.2, 0.25) is 5.02 Å². The van der Waals surface area contributed by atoms with Gasteiger partial charge in [-0.05, 0) is 17.7 Å². The highest BCUT2D eigenvalue weighted by Crippen LogP contribution is 2.27. The summed E-state index contributed by atoms with van der Waals surface area (Å²) >= 11 is 6.16. The molecule has 0 bridgehead atoms. The van der Waals surface area contributed by atoms with Gasteiger partial charge in [0.25, 0.3) is 5.91 Å². The van der Waals surface area contributed by atoms with Crippen molar-refractivity contribution in [3.05, 3.63) is 70.6 Å². The maximum atomic E-state index is 13.8. The lowest BCUT2D eigenvalue weighted by molar-refractivity contribution is -0.127. The van der Waals surface area contributed by atoms with Crippen molar-refractivity contribution in [2.75, 3.05) is 0 Å². The predicted octanol–water partition coefficient (Wildman–Crippen LogP) is 3.62. The zero-order valence-electron chi connectivity index (χ0n) is 13.6. The number of benzene rings is 2. The minimum absolute atomic E-state index is 0.0897. The van der Waals surface area contributed by atoms with Crippen molar-refractivity contribution in [1.29, 1.82) is 0 Å². The quantitative estimate of drug-likeness (QED) is 0.688. The standard InChI is InChI=1S/C19H15ClFN3O2/c20-14-6-3-5-13-12(9-22-17(13)14)8-16-18(25)24(19(26)23-16)10-11-4-1-2-7-15(11)21/h1-7,9,16,22H,8,10H2,(H,23,26)/t16-/m1/s1. The molecular weight excluding hydrogens is 357 g/mol. The number of rotatable bonds is 4. The van der Waals surface area contributed by atoms with Crippen LogP contribution in [0.15, 0.2) is 48.7 Å². The van der Waals surface area contributed by atoms with Crippen LogP contribution in [0.1, 0.15) is 11.1 Å². The molecule has 132 valence electrons.